The van der Waals surface area contributed by atoms with E-state index in [1.807, 2.05) is 13.0 Å². The lowest BCUT2D eigenvalue weighted by Gasteiger charge is -2.35. The number of likely N-dealkylation sites (N-methyl/N-ethyl adjacent to an activating group) is 1. The smallest absolute Gasteiger partial charge is 0.133 e. The molecule has 0 aliphatic rings. The molecule has 0 aliphatic carbocycles. The molecule has 1 atom stereocenters. The Hall–Kier alpha value is -1.95. The summed E-state index contributed by atoms with van der Waals surface area (Å²) < 4.78 is 32.1. The quantitative estimate of drug-likeness (QED) is 0.461. The molecule has 4 nitrogen and oxygen atoms in total. The first kappa shape index (κ1) is 21.1. The largest absolute Gasteiger partial charge is 0.744 e. The lowest BCUT2D eigenvalue weighted by molar-refractivity contribution is -0.912. The van der Waals surface area contributed by atoms with Crippen LogP contribution in [-0.4, -0.2) is 38.1 Å². The van der Waals surface area contributed by atoms with Crippen LogP contribution in [0.2, 0.25) is 0 Å². The summed E-state index contributed by atoms with van der Waals surface area (Å²) in [5, 5.41) is 0. The maximum Gasteiger partial charge on any atom is 0.133 e. The van der Waals surface area contributed by atoms with Gasteiger partial charge in [-0.15, -0.1) is 0 Å². The molecular weight excluding hydrogens is 334 g/mol. The molecule has 0 fully saturated rings. The third-order valence-electron chi connectivity index (χ3n) is 4.24. The summed E-state index contributed by atoms with van der Waals surface area (Å²) in [5.41, 5.74) is 2.27. The van der Waals surface area contributed by atoms with Gasteiger partial charge < -0.3 is 9.04 Å². The van der Waals surface area contributed by atoms with Crippen LogP contribution in [0, 0.1) is 6.92 Å². The van der Waals surface area contributed by atoms with Crippen molar-refractivity contribution in [2.75, 3.05) is 20.6 Å². The molecule has 0 bridgehead atoms. The Morgan fingerprint density at radius 3 is 2.00 bits per heavy atom. The summed E-state index contributed by atoms with van der Waals surface area (Å²) in [4.78, 5) is -0.178. The Morgan fingerprint density at radius 2 is 1.60 bits per heavy atom. The third kappa shape index (κ3) is 6.46. The van der Waals surface area contributed by atoms with Crippen molar-refractivity contribution < 1.29 is 17.5 Å². The van der Waals surface area contributed by atoms with Gasteiger partial charge in [-0.3, -0.25) is 0 Å². The zero-order chi connectivity index (χ0) is 19.1. The molecule has 2 aromatic rings. The van der Waals surface area contributed by atoms with Crippen molar-refractivity contribution in [2.24, 2.45) is 0 Å². The molecule has 0 saturated heterocycles. The first-order valence-electron chi connectivity index (χ1n) is 8.14. The number of rotatable bonds is 5. The van der Waals surface area contributed by atoms with Crippen LogP contribution in [0.25, 0.3) is 0 Å². The molecule has 1 unspecified atom stereocenters. The van der Waals surface area contributed by atoms with Gasteiger partial charge in [-0.2, -0.15) is 0 Å². The second-order valence-corrected chi connectivity index (χ2v) is 7.83. The first-order chi connectivity index (χ1) is 11.6. The number of hydrogen-bond donors (Lipinski definition) is 0. The summed E-state index contributed by atoms with van der Waals surface area (Å²) in [5.74, 6) is 0. The van der Waals surface area contributed by atoms with E-state index in [1.165, 1.54) is 17.7 Å². The topological polar surface area (TPSA) is 57.2 Å². The SMILES string of the molecule is C=CC(c1ccccc1)[N+](C)(C)CC.Cc1ccc(S(=O)(=O)[O-])cc1. The van der Waals surface area contributed by atoms with E-state index in [1.54, 1.807) is 12.1 Å². The average Bonchev–Trinajstić information content (AvgIpc) is 2.56. The molecule has 2 aromatic carbocycles. The van der Waals surface area contributed by atoms with Crippen molar-refractivity contribution in [3.8, 4) is 0 Å². The van der Waals surface area contributed by atoms with E-state index in [2.05, 4.69) is 57.9 Å². The van der Waals surface area contributed by atoms with Gasteiger partial charge in [0.05, 0.1) is 25.5 Å². The molecule has 0 spiro atoms. The van der Waals surface area contributed by atoms with Gasteiger partial charge >= 0.3 is 0 Å². The van der Waals surface area contributed by atoms with Gasteiger partial charge in [0.2, 0.25) is 0 Å². The molecule has 2 rings (SSSR count). The minimum Gasteiger partial charge on any atom is -0.744 e. The monoisotopic (exact) mass is 361 g/mol. The van der Waals surface area contributed by atoms with E-state index in [9.17, 15) is 13.0 Å². The Balaban J connectivity index is 0.000000257. The standard InChI is InChI=1S/C13H20N.C7H8O3S/c1-5-13(14(3,4)6-2)12-10-8-7-9-11-12;1-6-2-4-7(5-3-6)11(8,9)10/h5,7-11,13H,1,6H2,2-4H3;2-5H,1H3,(H,8,9,10)/q+1;/p-1. The molecule has 0 heterocycles. The summed E-state index contributed by atoms with van der Waals surface area (Å²) >= 11 is 0. The summed E-state index contributed by atoms with van der Waals surface area (Å²) in [7, 11) is 0.201. The fraction of sp³-hybridized carbons (Fsp3) is 0.300. The van der Waals surface area contributed by atoms with Crippen LogP contribution in [0.3, 0.4) is 0 Å². The van der Waals surface area contributed by atoms with Gasteiger partial charge in [-0.1, -0.05) is 54.6 Å². The summed E-state index contributed by atoms with van der Waals surface area (Å²) in [6, 6.07) is 16.7. The molecule has 0 aromatic heterocycles. The number of aryl methyl sites for hydroxylation is 1. The minimum absolute atomic E-state index is 0.178. The second kappa shape index (κ2) is 8.94. The van der Waals surface area contributed by atoms with Gasteiger partial charge in [-0.05, 0) is 32.1 Å². The van der Waals surface area contributed by atoms with Crippen LogP contribution in [0.1, 0.15) is 24.1 Å². The van der Waals surface area contributed by atoms with E-state index >= 15 is 0 Å². The van der Waals surface area contributed by atoms with Crippen LogP contribution in [0.4, 0.5) is 0 Å². The molecule has 25 heavy (non-hydrogen) atoms. The maximum atomic E-state index is 10.4. The van der Waals surface area contributed by atoms with Crippen LogP contribution in [-0.2, 0) is 10.1 Å². The highest BCUT2D eigenvalue weighted by molar-refractivity contribution is 7.85. The fourth-order valence-electron chi connectivity index (χ4n) is 2.38. The van der Waals surface area contributed by atoms with Crippen molar-refractivity contribution in [3.63, 3.8) is 0 Å². The van der Waals surface area contributed by atoms with Crippen molar-refractivity contribution in [1.29, 1.82) is 0 Å². The fourth-order valence-corrected chi connectivity index (χ4v) is 2.85. The highest BCUT2D eigenvalue weighted by atomic mass is 32.2. The Morgan fingerprint density at radius 1 is 1.08 bits per heavy atom. The first-order valence-corrected chi connectivity index (χ1v) is 9.55. The second-order valence-electron chi connectivity index (χ2n) is 6.45. The zero-order valence-electron chi connectivity index (χ0n) is 15.3. The minimum atomic E-state index is -4.27. The number of quaternary nitrogens is 1. The predicted octanol–water partition coefficient (Wildman–Crippen LogP) is 3.91. The van der Waals surface area contributed by atoms with E-state index < -0.39 is 10.1 Å². The molecule has 0 N–H and O–H groups in total. The lowest BCUT2D eigenvalue weighted by atomic mass is 10.0. The molecule has 0 amide bonds. The normalized spacial score (nSPS) is 12.7. The highest BCUT2D eigenvalue weighted by Gasteiger charge is 2.24. The van der Waals surface area contributed by atoms with Gasteiger partial charge in [0.1, 0.15) is 16.2 Å². The van der Waals surface area contributed by atoms with Crippen LogP contribution in [0.5, 0.6) is 0 Å². The van der Waals surface area contributed by atoms with E-state index in [-0.39, 0.29) is 4.90 Å². The third-order valence-corrected chi connectivity index (χ3v) is 5.09. The van der Waals surface area contributed by atoms with E-state index in [0.717, 1.165) is 16.6 Å². The van der Waals surface area contributed by atoms with Gasteiger partial charge in [-0.25, -0.2) is 8.42 Å². The van der Waals surface area contributed by atoms with Crippen molar-refractivity contribution in [2.45, 2.75) is 24.8 Å². The van der Waals surface area contributed by atoms with Crippen molar-refractivity contribution >= 4 is 10.1 Å². The maximum absolute atomic E-state index is 10.4. The van der Waals surface area contributed by atoms with Crippen LogP contribution < -0.4 is 0 Å². The van der Waals surface area contributed by atoms with E-state index in [0.29, 0.717) is 6.04 Å². The molecule has 0 saturated carbocycles. The Labute approximate surface area is 151 Å². The average molecular weight is 362 g/mol. The Bertz CT molecular complexity index is 766. The number of nitrogens with zero attached hydrogens (tertiary/aromatic N) is 1. The zero-order valence-corrected chi connectivity index (χ0v) is 16.2. The Kier molecular flexibility index (Phi) is 7.55. The highest BCUT2D eigenvalue weighted by Crippen LogP contribution is 2.25. The van der Waals surface area contributed by atoms with Crippen molar-refractivity contribution in [1.82, 2.24) is 0 Å². The number of benzene rings is 2. The number of hydrogen-bond acceptors (Lipinski definition) is 3. The van der Waals surface area contributed by atoms with Gasteiger partial charge in [0.15, 0.2) is 0 Å². The van der Waals surface area contributed by atoms with Gasteiger partial charge in [0.25, 0.3) is 0 Å². The molecule has 0 radical (unpaired) electrons. The van der Waals surface area contributed by atoms with Crippen LogP contribution >= 0.6 is 0 Å². The van der Waals surface area contributed by atoms with E-state index in [4.69, 9.17) is 0 Å². The summed E-state index contributed by atoms with van der Waals surface area (Å²) in [6.07, 6.45) is 2.04. The van der Waals surface area contributed by atoms with Crippen LogP contribution in [0.15, 0.2) is 72.1 Å². The predicted molar refractivity (Wildman–Crippen MR) is 101 cm³/mol. The molecule has 5 heteroatoms. The van der Waals surface area contributed by atoms with Crippen molar-refractivity contribution in [3.05, 3.63) is 78.4 Å². The lowest BCUT2D eigenvalue weighted by Crippen LogP contribution is -2.41. The molecular formula is C20H27NO3S. The van der Waals surface area contributed by atoms with Gasteiger partial charge in [0, 0.05) is 5.56 Å². The molecule has 136 valence electrons. The molecule has 0 aliphatic heterocycles. The summed E-state index contributed by atoms with van der Waals surface area (Å²) in [6.45, 7) is 9.07.